The van der Waals surface area contributed by atoms with Crippen molar-refractivity contribution in [1.29, 1.82) is 0 Å². The number of carbonyl (C=O) groups is 2. The molecule has 3 amide bonds. The van der Waals surface area contributed by atoms with E-state index in [1.54, 1.807) is 33.2 Å². The minimum absolute atomic E-state index is 0.0244. The van der Waals surface area contributed by atoms with Gasteiger partial charge in [0.2, 0.25) is 5.91 Å². The zero-order valence-corrected chi connectivity index (χ0v) is 20.4. The largest absolute Gasteiger partial charge is 0.496 e. The number of para-hydroxylation sites is 2. The fraction of sp³-hybridized carbons (Fsp3) is 0.385. The number of nitrogens with one attached hydrogen (secondary N) is 1. The molecule has 0 unspecified atom stereocenters. The summed E-state index contributed by atoms with van der Waals surface area (Å²) in [4.78, 5) is 34.2. The minimum Gasteiger partial charge on any atom is -0.496 e. The number of urea groups is 1. The predicted molar refractivity (Wildman–Crippen MR) is 133 cm³/mol. The highest BCUT2D eigenvalue weighted by atomic mass is 16.5. The molecule has 8 heteroatoms. The molecule has 0 aliphatic carbocycles. The van der Waals surface area contributed by atoms with Crippen LogP contribution in [0.2, 0.25) is 0 Å². The molecular formula is C26H34N4O4. The summed E-state index contributed by atoms with van der Waals surface area (Å²) in [5, 5.41) is 1.15. The number of fused-ring (bicyclic) bond motifs is 1. The van der Waals surface area contributed by atoms with Crippen molar-refractivity contribution in [1.82, 2.24) is 19.7 Å². The first-order valence-corrected chi connectivity index (χ1v) is 11.3. The summed E-state index contributed by atoms with van der Waals surface area (Å²) in [5.74, 6) is 0.602. The van der Waals surface area contributed by atoms with E-state index in [1.807, 2.05) is 48.7 Å². The molecule has 0 atom stereocenters. The summed E-state index contributed by atoms with van der Waals surface area (Å²) in [6.07, 6.45) is 2.68. The Morgan fingerprint density at radius 2 is 1.65 bits per heavy atom. The Balaban J connectivity index is 1.82. The first kappa shape index (κ1) is 25.1. The van der Waals surface area contributed by atoms with E-state index in [4.69, 9.17) is 9.47 Å². The van der Waals surface area contributed by atoms with E-state index >= 15 is 0 Å². The van der Waals surface area contributed by atoms with Gasteiger partial charge in [-0.15, -0.1) is 0 Å². The Morgan fingerprint density at radius 1 is 0.912 bits per heavy atom. The van der Waals surface area contributed by atoms with Crippen LogP contribution >= 0.6 is 0 Å². The van der Waals surface area contributed by atoms with Crippen molar-refractivity contribution < 1.29 is 19.1 Å². The Hall–Kier alpha value is -3.52. The Bertz CT molecular complexity index is 1100. The second kappa shape index (κ2) is 12.1. The van der Waals surface area contributed by atoms with Crippen LogP contribution in [0.1, 0.15) is 11.1 Å². The van der Waals surface area contributed by atoms with E-state index in [0.717, 1.165) is 27.8 Å². The number of carbonyl (C=O) groups excluding carboxylic acids is 2. The van der Waals surface area contributed by atoms with Gasteiger partial charge in [-0.05, 0) is 24.1 Å². The van der Waals surface area contributed by atoms with E-state index in [2.05, 4.69) is 11.1 Å². The zero-order chi connectivity index (χ0) is 24.5. The molecule has 2 aromatic carbocycles. The van der Waals surface area contributed by atoms with Gasteiger partial charge >= 0.3 is 6.03 Å². The number of aromatic amines is 1. The number of benzene rings is 2. The molecule has 1 aromatic heterocycles. The molecule has 34 heavy (non-hydrogen) atoms. The minimum atomic E-state index is -0.223. The smallest absolute Gasteiger partial charge is 0.320 e. The summed E-state index contributed by atoms with van der Waals surface area (Å²) in [6.45, 7) is 1.56. The number of H-pyrrole nitrogens is 1. The molecule has 182 valence electrons. The molecule has 3 rings (SSSR count). The Morgan fingerprint density at radius 3 is 2.38 bits per heavy atom. The molecule has 0 aliphatic heterocycles. The first-order chi connectivity index (χ1) is 16.4. The molecule has 0 radical (unpaired) electrons. The second-order valence-corrected chi connectivity index (χ2v) is 8.33. The molecule has 1 N–H and O–H groups in total. The monoisotopic (exact) mass is 466 g/mol. The summed E-state index contributed by atoms with van der Waals surface area (Å²) in [6, 6.07) is 15.6. The maximum Gasteiger partial charge on any atom is 0.320 e. The van der Waals surface area contributed by atoms with Gasteiger partial charge in [0.25, 0.3) is 0 Å². The van der Waals surface area contributed by atoms with Crippen LogP contribution in [0.5, 0.6) is 5.75 Å². The van der Waals surface area contributed by atoms with Crippen LogP contribution in [0.25, 0.3) is 10.9 Å². The number of nitrogens with zero attached hydrogens (tertiary/aromatic N) is 3. The molecule has 0 bridgehead atoms. The highest BCUT2D eigenvalue weighted by Gasteiger charge is 2.23. The molecule has 1 heterocycles. The number of hydrogen-bond donors (Lipinski definition) is 1. The lowest BCUT2D eigenvalue weighted by atomic mass is 10.1. The molecular weight excluding hydrogens is 432 g/mol. The van der Waals surface area contributed by atoms with E-state index in [1.165, 1.54) is 9.80 Å². The fourth-order valence-corrected chi connectivity index (χ4v) is 3.91. The summed E-state index contributed by atoms with van der Waals surface area (Å²) >= 11 is 0. The van der Waals surface area contributed by atoms with Crippen molar-refractivity contribution in [3.8, 4) is 5.75 Å². The maximum atomic E-state index is 13.5. The van der Waals surface area contributed by atoms with Gasteiger partial charge in [0.1, 0.15) is 12.3 Å². The van der Waals surface area contributed by atoms with Gasteiger partial charge in [0.15, 0.2) is 0 Å². The second-order valence-electron chi connectivity index (χ2n) is 8.33. The van der Waals surface area contributed by atoms with Crippen molar-refractivity contribution >= 4 is 22.8 Å². The lowest BCUT2D eigenvalue weighted by molar-refractivity contribution is -0.132. The van der Waals surface area contributed by atoms with Gasteiger partial charge in [-0.1, -0.05) is 36.4 Å². The predicted octanol–water partition coefficient (Wildman–Crippen LogP) is 3.38. The SMILES string of the molecule is COCCN(CC(=O)N(CCc1c[nH]c2ccccc12)Cc1ccccc1OC)C(=O)N(C)C. The quantitative estimate of drug-likeness (QED) is 0.470. The first-order valence-electron chi connectivity index (χ1n) is 11.3. The Labute approximate surface area is 201 Å². The number of amides is 3. The van der Waals surface area contributed by atoms with Crippen molar-refractivity contribution in [2.75, 3.05) is 54.6 Å². The lowest BCUT2D eigenvalue weighted by Gasteiger charge is -2.29. The summed E-state index contributed by atoms with van der Waals surface area (Å²) < 4.78 is 10.7. The number of ether oxygens (including phenoxy) is 2. The summed E-state index contributed by atoms with van der Waals surface area (Å²) in [5.41, 5.74) is 3.14. The zero-order valence-electron chi connectivity index (χ0n) is 20.4. The average Bonchev–Trinajstić information content (AvgIpc) is 3.27. The van der Waals surface area contributed by atoms with Gasteiger partial charge in [0.05, 0.1) is 13.7 Å². The average molecular weight is 467 g/mol. The highest BCUT2D eigenvalue weighted by Crippen LogP contribution is 2.22. The van der Waals surface area contributed by atoms with E-state index < -0.39 is 0 Å². The van der Waals surface area contributed by atoms with Crippen molar-refractivity contribution in [2.45, 2.75) is 13.0 Å². The van der Waals surface area contributed by atoms with E-state index in [0.29, 0.717) is 32.7 Å². The molecule has 3 aromatic rings. The lowest BCUT2D eigenvalue weighted by Crippen LogP contribution is -2.47. The van der Waals surface area contributed by atoms with Crippen LogP contribution in [0.15, 0.2) is 54.7 Å². The van der Waals surface area contributed by atoms with Crippen LogP contribution in [0, 0.1) is 0 Å². The van der Waals surface area contributed by atoms with Crippen molar-refractivity contribution in [3.05, 3.63) is 65.9 Å². The van der Waals surface area contributed by atoms with E-state index in [9.17, 15) is 9.59 Å². The molecule has 0 aliphatic rings. The van der Waals surface area contributed by atoms with E-state index in [-0.39, 0.29) is 18.5 Å². The normalized spacial score (nSPS) is 10.8. The summed E-state index contributed by atoms with van der Waals surface area (Å²) in [7, 11) is 6.56. The molecule has 0 spiro atoms. The highest BCUT2D eigenvalue weighted by molar-refractivity contribution is 5.85. The topological polar surface area (TPSA) is 78.1 Å². The molecule has 0 saturated heterocycles. The van der Waals surface area contributed by atoms with Gasteiger partial charge in [0, 0.05) is 63.5 Å². The fourth-order valence-electron chi connectivity index (χ4n) is 3.91. The molecule has 0 saturated carbocycles. The third-order valence-corrected chi connectivity index (χ3v) is 5.78. The Kier molecular flexibility index (Phi) is 8.93. The number of methoxy groups -OCH3 is 2. The third-order valence-electron chi connectivity index (χ3n) is 5.78. The van der Waals surface area contributed by atoms with Gasteiger partial charge in [-0.25, -0.2) is 4.79 Å². The maximum absolute atomic E-state index is 13.5. The van der Waals surface area contributed by atoms with Crippen molar-refractivity contribution in [2.24, 2.45) is 0 Å². The standard InChI is InChI=1S/C26H34N4O4/c1-28(2)26(32)30(15-16-33-3)19-25(31)29(18-21-9-5-8-12-24(21)34-4)14-13-20-17-27-23-11-7-6-10-22(20)23/h5-12,17,27H,13-16,18-19H2,1-4H3. The van der Waals surface area contributed by atoms with Crippen molar-refractivity contribution in [3.63, 3.8) is 0 Å². The van der Waals surface area contributed by atoms with Crippen LogP contribution < -0.4 is 4.74 Å². The van der Waals surface area contributed by atoms with Crippen LogP contribution in [0.4, 0.5) is 4.79 Å². The number of rotatable bonds is 11. The van der Waals surface area contributed by atoms with Gasteiger partial charge < -0.3 is 29.2 Å². The van der Waals surface area contributed by atoms with Crippen LogP contribution in [0.3, 0.4) is 0 Å². The van der Waals surface area contributed by atoms with Crippen LogP contribution in [-0.4, -0.2) is 86.2 Å². The molecule has 0 fully saturated rings. The van der Waals surface area contributed by atoms with Gasteiger partial charge in [-0.2, -0.15) is 0 Å². The number of aromatic nitrogens is 1. The van der Waals surface area contributed by atoms with Gasteiger partial charge in [-0.3, -0.25) is 4.79 Å². The third kappa shape index (κ3) is 6.29. The molecule has 8 nitrogen and oxygen atoms in total. The number of hydrogen-bond acceptors (Lipinski definition) is 4. The van der Waals surface area contributed by atoms with Crippen LogP contribution in [-0.2, 0) is 22.5 Å².